The van der Waals surface area contributed by atoms with E-state index in [1.807, 2.05) is 0 Å². The fourth-order valence-electron chi connectivity index (χ4n) is 6.27. The first-order chi connectivity index (χ1) is 18.8. The minimum atomic E-state index is 0.634. The third kappa shape index (κ3) is 20.3. The maximum atomic E-state index is 2.66. The van der Waals surface area contributed by atoms with E-state index in [4.69, 9.17) is 0 Å². The number of unbranched alkanes of at least 4 members (excludes halogenated alkanes) is 25. The fourth-order valence-corrected chi connectivity index (χ4v) is 6.27. The third-order valence-corrected chi connectivity index (χ3v) is 8.92. The Balaban J connectivity index is 1.94. The van der Waals surface area contributed by atoms with Crippen LogP contribution in [-0.2, 0) is 0 Å². The molecule has 2 heteroatoms. The zero-order valence-electron chi connectivity index (χ0n) is 26.8. The molecule has 0 aromatic heterocycles. The van der Waals surface area contributed by atoms with Crippen LogP contribution in [0.25, 0.3) is 0 Å². The quantitative estimate of drug-likeness (QED) is 0.0848. The van der Waals surface area contributed by atoms with E-state index in [-0.39, 0.29) is 0 Å². The van der Waals surface area contributed by atoms with Gasteiger partial charge < -0.3 is 9.80 Å². The molecule has 0 N–H and O–H groups in total. The average molecular weight is 533 g/mol. The lowest BCUT2D eigenvalue weighted by atomic mass is 10.0. The Morgan fingerprint density at radius 3 is 1.05 bits per heavy atom. The molecule has 0 aliphatic carbocycles. The largest absolute Gasteiger partial charge is 0.356 e. The van der Waals surface area contributed by atoms with Crippen LogP contribution in [-0.4, -0.2) is 29.1 Å². The third-order valence-electron chi connectivity index (χ3n) is 8.92. The van der Waals surface area contributed by atoms with Crippen LogP contribution in [0, 0.1) is 0 Å². The van der Waals surface area contributed by atoms with Crippen molar-refractivity contribution in [1.29, 1.82) is 0 Å². The first-order valence-electron chi connectivity index (χ1n) is 18.0. The van der Waals surface area contributed by atoms with Crippen molar-refractivity contribution in [2.45, 2.75) is 207 Å². The van der Waals surface area contributed by atoms with Gasteiger partial charge in [0, 0.05) is 25.5 Å². The summed E-state index contributed by atoms with van der Waals surface area (Å²) in [6.07, 6.45) is 45.8. The summed E-state index contributed by atoms with van der Waals surface area (Å²) in [5.74, 6) is 0. The zero-order valence-corrected chi connectivity index (χ0v) is 26.8. The Hall–Kier alpha value is -0.660. The van der Waals surface area contributed by atoms with E-state index >= 15 is 0 Å². The van der Waals surface area contributed by atoms with Gasteiger partial charge in [-0.05, 0) is 26.2 Å². The van der Waals surface area contributed by atoms with Gasteiger partial charge in [0.1, 0.15) is 6.17 Å². The second kappa shape index (κ2) is 27.9. The van der Waals surface area contributed by atoms with Gasteiger partial charge in [0.25, 0.3) is 0 Å². The zero-order chi connectivity index (χ0) is 27.4. The van der Waals surface area contributed by atoms with Crippen molar-refractivity contribution >= 4 is 0 Å². The van der Waals surface area contributed by atoms with E-state index in [0.717, 1.165) is 6.54 Å². The van der Waals surface area contributed by atoms with Crippen molar-refractivity contribution in [2.75, 3.05) is 13.1 Å². The van der Waals surface area contributed by atoms with Crippen LogP contribution in [0.2, 0.25) is 0 Å². The van der Waals surface area contributed by atoms with Crippen LogP contribution < -0.4 is 0 Å². The molecule has 1 unspecified atom stereocenters. The van der Waals surface area contributed by atoms with Gasteiger partial charge in [-0.15, -0.1) is 0 Å². The van der Waals surface area contributed by atoms with E-state index in [2.05, 4.69) is 43.0 Å². The lowest BCUT2D eigenvalue weighted by Gasteiger charge is -2.32. The van der Waals surface area contributed by atoms with Crippen molar-refractivity contribution in [1.82, 2.24) is 9.80 Å². The number of hydrogen-bond acceptors (Lipinski definition) is 2. The highest BCUT2D eigenvalue weighted by molar-refractivity contribution is 4.96. The predicted molar refractivity (Wildman–Crippen MR) is 173 cm³/mol. The Labute approximate surface area is 241 Å². The number of nitrogens with zero attached hydrogens (tertiary/aromatic N) is 2. The summed E-state index contributed by atoms with van der Waals surface area (Å²) in [7, 11) is 0. The van der Waals surface area contributed by atoms with E-state index < -0.39 is 0 Å². The standard InChI is InChI=1S/C36H72N2/c1-4-7-9-11-13-15-17-19-20-21-23-25-27-29-31-33-38-35-34-37(6-3)36(38)32-30-28-26-24-22-18-16-14-12-10-8-5-2/h34-36H,4-33H2,1-3H3. The molecule has 1 rings (SSSR count). The van der Waals surface area contributed by atoms with Crippen molar-refractivity contribution in [3.05, 3.63) is 12.4 Å². The van der Waals surface area contributed by atoms with Crippen molar-refractivity contribution < 1.29 is 0 Å². The van der Waals surface area contributed by atoms with Gasteiger partial charge in [0.2, 0.25) is 0 Å². The molecule has 2 nitrogen and oxygen atoms in total. The molecule has 0 saturated carbocycles. The van der Waals surface area contributed by atoms with Crippen LogP contribution in [0.15, 0.2) is 12.4 Å². The molecule has 1 aliphatic rings. The summed E-state index contributed by atoms with van der Waals surface area (Å²) < 4.78 is 0. The van der Waals surface area contributed by atoms with Gasteiger partial charge in [0.05, 0.1) is 0 Å². The van der Waals surface area contributed by atoms with Crippen molar-refractivity contribution in [3.63, 3.8) is 0 Å². The molecule has 0 amide bonds. The van der Waals surface area contributed by atoms with Crippen LogP contribution in [0.1, 0.15) is 201 Å². The maximum Gasteiger partial charge on any atom is 0.101 e. The Morgan fingerprint density at radius 2 is 0.684 bits per heavy atom. The summed E-state index contributed by atoms with van der Waals surface area (Å²) >= 11 is 0. The summed E-state index contributed by atoms with van der Waals surface area (Å²) in [4.78, 5) is 5.23. The normalized spacial score (nSPS) is 15.3. The van der Waals surface area contributed by atoms with Gasteiger partial charge in [0.15, 0.2) is 0 Å². The van der Waals surface area contributed by atoms with Gasteiger partial charge in [-0.1, -0.05) is 174 Å². The molecule has 226 valence electrons. The Kier molecular flexibility index (Phi) is 26.0. The molecule has 0 aromatic carbocycles. The topological polar surface area (TPSA) is 6.48 Å². The Bertz CT molecular complexity index is 488. The lowest BCUT2D eigenvalue weighted by molar-refractivity contribution is 0.142. The molecule has 38 heavy (non-hydrogen) atoms. The predicted octanol–water partition coefficient (Wildman–Crippen LogP) is 12.4. The SMILES string of the molecule is CCCCCCCCCCCCCCCCCN1C=CN(CC)C1CCCCCCCCCCCCCC. The minimum absolute atomic E-state index is 0.634. The summed E-state index contributed by atoms with van der Waals surface area (Å²) in [5, 5.41) is 0. The highest BCUT2D eigenvalue weighted by Crippen LogP contribution is 2.23. The highest BCUT2D eigenvalue weighted by Gasteiger charge is 2.23. The minimum Gasteiger partial charge on any atom is -0.356 e. The van der Waals surface area contributed by atoms with Crippen molar-refractivity contribution in [3.8, 4) is 0 Å². The van der Waals surface area contributed by atoms with Crippen molar-refractivity contribution in [2.24, 2.45) is 0 Å². The lowest BCUT2D eigenvalue weighted by Crippen LogP contribution is -2.38. The molecule has 1 atom stereocenters. The average Bonchev–Trinajstić information content (AvgIpc) is 3.33. The van der Waals surface area contributed by atoms with Gasteiger partial charge in [-0.2, -0.15) is 0 Å². The summed E-state index contributed by atoms with van der Waals surface area (Å²) in [6, 6.07) is 0. The second-order valence-corrected chi connectivity index (χ2v) is 12.5. The first-order valence-corrected chi connectivity index (χ1v) is 18.0. The van der Waals surface area contributed by atoms with E-state index in [9.17, 15) is 0 Å². The molecular formula is C36H72N2. The molecule has 0 fully saturated rings. The fraction of sp³-hybridized carbons (Fsp3) is 0.944. The summed E-state index contributed by atoms with van der Waals surface area (Å²) in [6.45, 7) is 9.34. The van der Waals surface area contributed by atoms with Gasteiger partial charge in [-0.25, -0.2) is 0 Å². The molecule has 1 aliphatic heterocycles. The number of rotatable bonds is 30. The first kappa shape index (κ1) is 35.4. The summed E-state index contributed by atoms with van der Waals surface area (Å²) in [5.41, 5.74) is 0. The maximum absolute atomic E-state index is 2.66. The van der Waals surface area contributed by atoms with Crippen LogP contribution in [0.4, 0.5) is 0 Å². The highest BCUT2D eigenvalue weighted by atomic mass is 15.4. The smallest absolute Gasteiger partial charge is 0.101 e. The second-order valence-electron chi connectivity index (χ2n) is 12.5. The van der Waals surface area contributed by atoms with Crippen LogP contribution in [0.5, 0.6) is 0 Å². The molecule has 1 heterocycles. The molecule has 0 saturated heterocycles. The molecular weight excluding hydrogens is 460 g/mol. The van der Waals surface area contributed by atoms with E-state index in [1.54, 1.807) is 0 Å². The van der Waals surface area contributed by atoms with Gasteiger partial charge >= 0.3 is 0 Å². The van der Waals surface area contributed by atoms with Crippen LogP contribution in [0.3, 0.4) is 0 Å². The monoisotopic (exact) mass is 533 g/mol. The van der Waals surface area contributed by atoms with Gasteiger partial charge in [-0.3, -0.25) is 0 Å². The van der Waals surface area contributed by atoms with Crippen LogP contribution >= 0.6 is 0 Å². The molecule has 0 spiro atoms. The van der Waals surface area contributed by atoms with E-state index in [1.165, 1.54) is 186 Å². The molecule has 0 radical (unpaired) electrons. The Morgan fingerprint density at radius 1 is 0.368 bits per heavy atom. The van der Waals surface area contributed by atoms with E-state index in [0.29, 0.717) is 6.17 Å². The molecule has 0 aromatic rings. The number of hydrogen-bond donors (Lipinski definition) is 0. The molecule has 0 bridgehead atoms.